The first-order chi connectivity index (χ1) is 12.8. The monoisotopic (exact) mass is 444 g/mol. The Balaban J connectivity index is 2.16. The van der Waals surface area contributed by atoms with Crippen molar-refractivity contribution in [3.63, 3.8) is 0 Å². The molecule has 0 saturated heterocycles. The van der Waals surface area contributed by atoms with Gasteiger partial charge in [0.25, 0.3) is 0 Å². The van der Waals surface area contributed by atoms with Crippen molar-refractivity contribution < 1.29 is 9.59 Å². The number of hydrogen-bond acceptors (Lipinski definition) is 3. The van der Waals surface area contributed by atoms with Gasteiger partial charge in [-0.15, -0.1) is 11.8 Å². The molecule has 2 rings (SSSR count). The number of nitrogens with one attached hydrogen (secondary N) is 1. The molecule has 0 fully saturated rings. The smallest absolute Gasteiger partial charge is 0.242 e. The molecule has 0 aromatic heterocycles. The minimum atomic E-state index is -0.639. The van der Waals surface area contributed by atoms with E-state index in [4.69, 9.17) is 34.8 Å². The van der Waals surface area contributed by atoms with Crippen molar-refractivity contribution in [1.82, 2.24) is 10.2 Å². The second-order valence-electron chi connectivity index (χ2n) is 5.79. The molecular weight excluding hydrogens is 427 g/mol. The van der Waals surface area contributed by atoms with E-state index in [9.17, 15) is 9.59 Å². The molecule has 0 saturated carbocycles. The van der Waals surface area contributed by atoms with E-state index in [1.165, 1.54) is 16.7 Å². The van der Waals surface area contributed by atoms with Crippen LogP contribution in [-0.2, 0) is 16.1 Å². The molecule has 0 aliphatic heterocycles. The Labute approximate surface area is 178 Å². The van der Waals surface area contributed by atoms with E-state index in [0.29, 0.717) is 15.1 Å². The molecular formula is C19H19Cl3N2O2S. The summed E-state index contributed by atoms with van der Waals surface area (Å²) in [4.78, 5) is 27.4. The molecule has 0 unspecified atom stereocenters. The van der Waals surface area contributed by atoms with E-state index in [-0.39, 0.29) is 24.1 Å². The summed E-state index contributed by atoms with van der Waals surface area (Å²) in [5, 5.41) is 4.18. The van der Waals surface area contributed by atoms with Gasteiger partial charge in [0.1, 0.15) is 6.04 Å². The summed E-state index contributed by atoms with van der Waals surface area (Å²) in [6.07, 6.45) is 0. The van der Waals surface area contributed by atoms with Crippen molar-refractivity contribution in [3.8, 4) is 0 Å². The molecule has 144 valence electrons. The Hall–Kier alpha value is -1.40. The third-order valence-corrected chi connectivity index (χ3v) is 5.78. The highest BCUT2D eigenvalue weighted by Gasteiger charge is 2.26. The van der Waals surface area contributed by atoms with Crippen LogP contribution in [0.25, 0.3) is 0 Å². The first-order valence-corrected chi connectivity index (χ1v) is 10.3. The zero-order chi connectivity index (χ0) is 20.0. The Bertz CT molecular complexity index is 815. The number of nitrogens with zero attached hydrogens (tertiary/aromatic N) is 1. The van der Waals surface area contributed by atoms with Gasteiger partial charge in [0.15, 0.2) is 0 Å². The minimum absolute atomic E-state index is 0.169. The molecule has 8 heteroatoms. The number of amides is 2. The van der Waals surface area contributed by atoms with E-state index in [1.807, 2.05) is 12.1 Å². The molecule has 0 spiro atoms. The summed E-state index contributed by atoms with van der Waals surface area (Å²) in [6.45, 7) is 1.90. The lowest BCUT2D eigenvalue weighted by atomic mass is 10.1. The molecule has 2 aromatic rings. The van der Waals surface area contributed by atoms with Crippen LogP contribution in [-0.4, -0.2) is 35.6 Å². The topological polar surface area (TPSA) is 49.4 Å². The van der Waals surface area contributed by atoms with Crippen molar-refractivity contribution in [2.45, 2.75) is 24.4 Å². The van der Waals surface area contributed by atoms with Gasteiger partial charge in [-0.3, -0.25) is 9.59 Å². The number of halogens is 3. The fourth-order valence-electron chi connectivity index (χ4n) is 2.38. The molecule has 0 aliphatic rings. The van der Waals surface area contributed by atoms with E-state index < -0.39 is 6.04 Å². The molecule has 4 nitrogen and oxygen atoms in total. The van der Waals surface area contributed by atoms with Crippen LogP contribution in [0.1, 0.15) is 12.5 Å². The van der Waals surface area contributed by atoms with Crippen molar-refractivity contribution in [2.24, 2.45) is 0 Å². The average Bonchev–Trinajstić information content (AvgIpc) is 2.65. The molecule has 27 heavy (non-hydrogen) atoms. The maximum absolute atomic E-state index is 12.9. The van der Waals surface area contributed by atoms with Crippen molar-refractivity contribution >= 4 is 58.4 Å². The Kier molecular flexibility index (Phi) is 8.29. The van der Waals surface area contributed by atoms with E-state index in [0.717, 1.165) is 10.5 Å². The second kappa shape index (κ2) is 10.2. The van der Waals surface area contributed by atoms with Crippen molar-refractivity contribution in [2.75, 3.05) is 12.8 Å². The first-order valence-electron chi connectivity index (χ1n) is 8.15. The predicted octanol–water partition coefficient (Wildman–Crippen LogP) is 4.90. The van der Waals surface area contributed by atoms with Gasteiger partial charge < -0.3 is 10.2 Å². The van der Waals surface area contributed by atoms with Gasteiger partial charge in [0.2, 0.25) is 11.8 Å². The molecule has 2 amide bonds. The molecule has 0 radical (unpaired) electrons. The number of likely N-dealkylation sites (N-methyl/N-ethyl adjacent to an activating group) is 1. The average molecular weight is 446 g/mol. The van der Waals surface area contributed by atoms with Crippen LogP contribution < -0.4 is 5.32 Å². The molecule has 1 atom stereocenters. The van der Waals surface area contributed by atoms with E-state index >= 15 is 0 Å². The van der Waals surface area contributed by atoms with Crippen LogP contribution in [0.5, 0.6) is 0 Å². The molecule has 1 N–H and O–H groups in total. The lowest BCUT2D eigenvalue weighted by Crippen LogP contribution is -2.47. The molecule has 0 bridgehead atoms. The maximum Gasteiger partial charge on any atom is 0.242 e. The Morgan fingerprint density at radius 3 is 2.30 bits per heavy atom. The second-order valence-corrected chi connectivity index (χ2v) is 8.12. The number of carbonyl (C=O) groups excluding carboxylic acids is 2. The number of hydrogen-bond donors (Lipinski definition) is 1. The number of benzene rings is 2. The number of rotatable bonds is 7. The SMILES string of the molecule is CNC(=O)[C@@H](C)N(Cc1ccc(Cl)cc1Cl)C(=O)CSc1ccc(Cl)cc1. The maximum atomic E-state index is 12.9. The fourth-order valence-corrected chi connectivity index (χ4v) is 3.76. The summed E-state index contributed by atoms with van der Waals surface area (Å²) in [7, 11) is 1.54. The normalized spacial score (nSPS) is 11.7. The van der Waals surface area contributed by atoms with Gasteiger partial charge in [-0.2, -0.15) is 0 Å². The van der Waals surface area contributed by atoms with E-state index in [1.54, 1.807) is 44.3 Å². The zero-order valence-electron chi connectivity index (χ0n) is 14.8. The zero-order valence-corrected chi connectivity index (χ0v) is 17.9. The fraction of sp³-hybridized carbons (Fsp3) is 0.263. The minimum Gasteiger partial charge on any atom is -0.357 e. The third-order valence-electron chi connectivity index (χ3n) is 3.95. The van der Waals surface area contributed by atoms with Crippen LogP contribution >= 0.6 is 46.6 Å². The van der Waals surface area contributed by atoms with Crippen LogP contribution in [0.4, 0.5) is 0 Å². The first kappa shape index (κ1) is 21.9. The van der Waals surface area contributed by atoms with Gasteiger partial charge in [-0.25, -0.2) is 0 Å². The molecule has 0 heterocycles. The van der Waals surface area contributed by atoms with Crippen LogP contribution in [0, 0.1) is 0 Å². The van der Waals surface area contributed by atoms with Crippen molar-refractivity contribution in [3.05, 3.63) is 63.1 Å². The summed E-state index contributed by atoms with van der Waals surface area (Å²) in [5.74, 6) is -0.226. The third kappa shape index (κ3) is 6.32. The Morgan fingerprint density at radius 1 is 1.07 bits per heavy atom. The number of carbonyl (C=O) groups is 2. The predicted molar refractivity (Wildman–Crippen MR) is 113 cm³/mol. The standard InChI is InChI=1S/C19H19Cl3N2O2S/c1-12(19(26)23-2)24(10-13-3-4-15(21)9-17(13)22)18(25)11-27-16-7-5-14(20)6-8-16/h3-9,12H,10-11H2,1-2H3,(H,23,26)/t12-/m1/s1. The summed E-state index contributed by atoms with van der Waals surface area (Å²) in [5.41, 5.74) is 0.724. The van der Waals surface area contributed by atoms with E-state index in [2.05, 4.69) is 5.32 Å². The van der Waals surface area contributed by atoms with Gasteiger partial charge in [-0.05, 0) is 48.9 Å². The number of thioether (sulfide) groups is 1. The highest BCUT2D eigenvalue weighted by atomic mass is 35.5. The van der Waals surface area contributed by atoms with Gasteiger partial charge >= 0.3 is 0 Å². The largest absolute Gasteiger partial charge is 0.357 e. The summed E-state index contributed by atoms with van der Waals surface area (Å²) in [6, 6.07) is 11.7. The van der Waals surface area contributed by atoms with Gasteiger partial charge in [-0.1, -0.05) is 40.9 Å². The van der Waals surface area contributed by atoms with Gasteiger partial charge in [0.05, 0.1) is 5.75 Å². The lowest BCUT2D eigenvalue weighted by molar-refractivity contribution is -0.138. The highest BCUT2D eigenvalue weighted by Crippen LogP contribution is 2.25. The Morgan fingerprint density at radius 2 is 1.70 bits per heavy atom. The van der Waals surface area contributed by atoms with Gasteiger partial charge in [0, 0.05) is 33.6 Å². The molecule has 0 aliphatic carbocycles. The quantitative estimate of drug-likeness (QED) is 0.617. The summed E-state index contributed by atoms with van der Waals surface area (Å²) < 4.78 is 0. The molecule has 2 aromatic carbocycles. The summed E-state index contributed by atoms with van der Waals surface area (Å²) >= 11 is 19.4. The van der Waals surface area contributed by atoms with Crippen LogP contribution in [0.2, 0.25) is 15.1 Å². The lowest BCUT2D eigenvalue weighted by Gasteiger charge is -2.28. The van der Waals surface area contributed by atoms with Crippen molar-refractivity contribution in [1.29, 1.82) is 0 Å². The highest BCUT2D eigenvalue weighted by molar-refractivity contribution is 8.00. The van der Waals surface area contributed by atoms with Crippen LogP contribution in [0.3, 0.4) is 0 Å². The van der Waals surface area contributed by atoms with Crippen LogP contribution in [0.15, 0.2) is 47.4 Å².